The van der Waals surface area contributed by atoms with Crippen LogP contribution in [-0.2, 0) is 16.6 Å². The minimum absolute atomic E-state index is 0.0746. The summed E-state index contributed by atoms with van der Waals surface area (Å²) in [5, 5.41) is 0. The SMILES string of the molecule is CC(CC1CC1)N1CCC23CC(=O)CCC2C1Cc1ccc(C(N)=O)cc13. The topological polar surface area (TPSA) is 63.4 Å². The average molecular weight is 367 g/mol. The first kappa shape index (κ1) is 17.4. The second-order valence-corrected chi connectivity index (χ2v) is 9.54. The molecule has 2 saturated carbocycles. The van der Waals surface area contributed by atoms with Gasteiger partial charge in [-0.15, -0.1) is 0 Å². The van der Waals surface area contributed by atoms with Gasteiger partial charge in [0.1, 0.15) is 5.78 Å². The standard InChI is InChI=1S/C23H30N2O2/c1-14(10-15-2-3-15)25-9-8-23-13-18(26)6-7-19(23)21(25)12-16-4-5-17(22(24)27)11-20(16)23/h4-5,11,14-15,19,21H,2-3,6-10,12-13H2,1H3,(H2,24,27). The molecule has 3 aliphatic carbocycles. The lowest BCUT2D eigenvalue weighted by molar-refractivity contribution is -0.128. The van der Waals surface area contributed by atoms with E-state index in [9.17, 15) is 9.59 Å². The molecule has 1 aliphatic heterocycles. The van der Waals surface area contributed by atoms with Crippen LogP contribution in [0.2, 0.25) is 0 Å². The molecule has 0 spiro atoms. The zero-order chi connectivity index (χ0) is 18.8. The lowest BCUT2D eigenvalue weighted by Crippen LogP contribution is -2.63. The maximum absolute atomic E-state index is 12.5. The van der Waals surface area contributed by atoms with E-state index in [0.717, 1.165) is 38.1 Å². The summed E-state index contributed by atoms with van der Waals surface area (Å²) in [6.45, 7) is 3.48. The Bertz CT molecular complexity index is 800. The lowest BCUT2D eigenvalue weighted by Gasteiger charge is -2.60. The van der Waals surface area contributed by atoms with Crippen molar-refractivity contribution in [2.24, 2.45) is 17.6 Å². The molecule has 4 nitrogen and oxygen atoms in total. The van der Waals surface area contributed by atoms with E-state index in [-0.39, 0.29) is 11.3 Å². The first-order valence-corrected chi connectivity index (χ1v) is 10.7. The van der Waals surface area contributed by atoms with E-state index in [1.807, 2.05) is 12.1 Å². The molecule has 1 heterocycles. The largest absolute Gasteiger partial charge is 0.366 e. The molecule has 27 heavy (non-hydrogen) atoms. The van der Waals surface area contributed by atoms with Crippen LogP contribution in [0.1, 0.15) is 73.4 Å². The van der Waals surface area contributed by atoms with E-state index in [1.54, 1.807) is 0 Å². The molecule has 1 aromatic rings. The molecule has 0 aromatic heterocycles. The van der Waals surface area contributed by atoms with Gasteiger partial charge in [0.2, 0.25) is 5.91 Å². The van der Waals surface area contributed by atoms with Gasteiger partial charge in [0.15, 0.2) is 0 Å². The second-order valence-electron chi connectivity index (χ2n) is 9.54. The molecule has 3 fully saturated rings. The van der Waals surface area contributed by atoms with Crippen LogP contribution >= 0.6 is 0 Å². The number of nitrogens with zero attached hydrogens (tertiary/aromatic N) is 1. The third kappa shape index (κ3) is 2.75. The lowest BCUT2D eigenvalue weighted by atomic mass is 9.52. The first-order valence-electron chi connectivity index (χ1n) is 10.7. The highest BCUT2D eigenvalue weighted by atomic mass is 16.1. The molecule has 0 radical (unpaired) electrons. The van der Waals surface area contributed by atoms with Crippen molar-refractivity contribution in [2.45, 2.75) is 75.8 Å². The Morgan fingerprint density at radius 2 is 2.15 bits per heavy atom. The quantitative estimate of drug-likeness (QED) is 0.890. The third-order valence-corrected chi connectivity index (χ3v) is 7.96. The molecule has 4 heteroatoms. The molecule has 4 atom stereocenters. The fourth-order valence-corrected chi connectivity index (χ4v) is 6.53. The minimum atomic E-state index is -0.370. The number of amides is 1. The van der Waals surface area contributed by atoms with Crippen molar-refractivity contribution in [3.05, 3.63) is 34.9 Å². The van der Waals surface area contributed by atoms with E-state index in [1.165, 1.54) is 30.4 Å². The fourth-order valence-electron chi connectivity index (χ4n) is 6.53. The number of hydrogen-bond donors (Lipinski definition) is 1. The van der Waals surface area contributed by atoms with Gasteiger partial charge >= 0.3 is 0 Å². The van der Waals surface area contributed by atoms with Crippen LogP contribution in [0, 0.1) is 11.8 Å². The van der Waals surface area contributed by atoms with Crippen LogP contribution in [0.3, 0.4) is 0 Å². The van der Waals surface area contributed by atoms with Gasteiger partial charge in [0.05, 0.1) is 0 Å². The fraction of sp³-hybridized carbons (Fsp3) is 0.652. The van der Waals surface area contributed by atoms with Crippen molar-refractivity contribution in [2.75, 3.05) is 6.54 Å². The highest BCUT2D eigenvalue weighted by Crippen LogP contribution is 2.55. The predicted octanol–water partition coefficient (Wildman–Crippen LogP) is 3.21. The smallest absolute Gasteiger partial charge is 0.248 e. The molecule has 4 unspecified atom stereocenters. The van der Waals surface area contributed by atoms with Crippen LogP contribution in [0.4, 0.5) is 0 Å². The predicted molar refractivity (Wildman–Crippen MR) is 105 cm³/mol. The van der Waals surface area contributed by atoms with E-state index in [4.69, 9.17) is 5.73 Å². The monoisotopic (exact) mass is 366 g/mol. The molecular weight excluding hydrogens is 336 g/mol. The molecule has 4 aliphatic rings. The van der Waals surface area contributed by atoms with Gasteiger partial charge in [-0.3, -0.25) is 14.5 Å². The Hall–Kier alpha value is -1.68. The van der Waals surface area contributed by atoms with Crippen LogP contribution in [0.25, 0.3) is 0 Å². The first-order chi connectivity index (χ1) is 13.0. The molecule has 2 N–H and O–H groups in total. The number of hydrogen-bond acceptors (Lipinski definition) is 3. The summed E-state index contributed by atoms with van der Waals surface area (Å²) >= 11 is 0. The van der Waals surface area contributed by atoms with E-state index >= 15 is 0 Å². The Morgan fingerprint density at radius 3 is 2.89 bits per heavy atom. The maximum Gasteiger partial charge on any atom is 0.248 e. The molecule has 1 aromatic carbocycles. The van der Waals surface area contributed by atoms with Crippen LogP contribution in [0.15, 0.2) is 18.2 Å². The van der Waals surface area contributed by atoms with Crippen LogP contribution in [0.5, 0.6) is 0 Å². The number of likely N-dealkylation sites (tertiary alicyclic amines) is 1. The number of carbonyl (C=O) groups is 2. The Morgan fingerprint density at radius 1 is 1.33 bits per heavy atom. The van der Waals surface area contributed by atoms with E-state index < -0.39 is 0 Å². The number of nitrogens with two attached hydrogens (primary N) is 1. The van der Waals surface area contributed by atoms with Gasteiger partial charge < -0.3 is 5.73 Å². The third-order valence-electron chi connectivity index (χ3n) is 7.96. The summed E-state index contributed by atoms with van der Waals surface area (Å²) in [7, 11) is 0. The van der Waals surface area contributed by atoms with Gasteiger partial charge in [-0.05, 0) is 74.2 Å². The molecule has 1 amide bonds. The number of piperidine rings is 1. The summed E-state index contributed by atoms with van der Waals surface area (Å²) < 4.78 is 0. The van der Waals surface area contributed by atoms with Crippen molar-refractivity contribution < 1.29 is 9.59 Å². The van der Waals surface area contributed by atoms with Gasteiger partial charge in [-0.25, -0.2) is 0 Å². The van der Waals surface area contributed by atoms with Crippen molar-refractivity contribution in [1.29, 1.82) is 0 Å². The normalized spacial score (nSPS) is 33.9. The number of primary amides is 1. The summed E-state index contributed by atoms with van der Waals surface area (Å²) in [6.07, 6.45) is 8.58. The van der Waals surface area contributed by atoms with Crippen LogP contribution in [-0.4, -0.2) is 35.2 Å². The summed E-state index contributed by atoms with van der Waals surface area (Å²) in [6, 6.07) is 7.16. The molecular formula is C23H30N2O2. The molecule has 144 valence electrons. The summed E-state index contributed by atoms with van der Waals surface area (Å²) in [4.78, 5) is 27.1. The minimum Gasteiger partial charge on any atom is -0.366 e. The van der Waals surface area contributed by atoms with Gasteiger partial charge in [0.25, 0.3) is 0 Å². The van der Waals surface area contributed by atoms with Gasteiger partial charge in [-0.2, -0.15) is 0 Å². The molecule has 1 saturated heterocycles. The highest BCUT2D eigenvalue weighted by Gasteiger charge is 2.56. The number of ketones is 1. The molecule has 2 bridgehead atoms. The number of fused-ring (bicyclic) bond motifs is 1. The van der Waals surface area contributed by atoms with Crippen molar-refractivity contribution >= 4 is 11.7 Å². The summed E-state index contributed by atoms with van der Waals surface area (Å²) in [5.41, 5.74) is 8.66. The summed E-state index contributed by atoms with van der Waals surface area (Å²) in [5.74, 6) is 1.49. The average Bonchev–Trinajstić information content (AvgIpc) is 3.44. The zero-order valence-corrected chi connectivity index (χ0v) is 16.2. The van der Waals surface area contributed by atoms with Gasteiger partial charge in [0, 0.05) is 35.9 Å². The van der Waals surface area contributed by atoms with E-state index in [0.29, 0.717) is 35.8 Å². The number of carbonyl (C=O) groups excluding carboxylic acids is 2. The van der Waals surface area contributed by atoms with Crippen molar-refractivity contribution in [3.8, 4) is 0 Å². The number of Topliss-reactive ketones (excluding diaryl/α,β-unsaturated/α-hetero) is 1. The highest BCUT2D eigenvalue weighted by molar-refractivity contribution is 5.93. The van der Waals surface area contributed by atoms with E-state index in [2.05, 4.69) is 17.9 Å². The van der Waals surface area contributed by atoms with Crippen LogP contribution < -0.4 is 5.73 Å². The van der Waals surface area contributed by atoms with Crippen molar-refractivity contribution in [3.63, 3.8) is 0 Å². The Labute approximate surface area is 161 Å². The number of rotatable bonds is 4. The zero-order valence-electron chi connectivity index (χ0n) is 16.2. The maximum atomic E-state index is 12.5. The Balaban J connectivity index is 1.56. The van der Waals surface area contributed by atoms with Gasteiger partial charge in [-0.1, -0.05) is 18.9 Å². The number of benzene rings is 1. The molecule has 5 rings (SSSR count). The Kier molecular flexibility index (Phi) is 3.98. The van der Waals surface area contributed by atoms with Crippen molar-refractivity contribution in [1.82, 2.24) is 4.90 Å². The second kappa shape index (κ2) is 6.16.